The topological polar surface area (TPSA) is 80.5 Å². The maximum Gasteiger partial charge on any atom is 0.271 e. The molecule has 0 N–H and O–H groups in total. The second-order valence-corrected chi connectivity index (χ2v) is 8.23. The molecule has 7 heteroatoms. The van der Waals surface area contributed by atoms with Crippen molar-refractivity contribution in [3.8, 4) is 0 Å². The second-order valence-electron chi connectivity index (χ2n) is 6.33. The molecule has 1 aliphatic carbocycles. The second kappa shape index (κ2) is 5.73. The largest absolute Gasteiger partial charge is 0.360 e. The van der Waals surface area contributed by atoms with E-state index in [1.165, 1.54) is 14.0 Å². The van der Waals surface area contributed by atoms with Gasteiger partial charge in [0.15, 0.2) is 10.7 Å². The third-order valence-electron chi connectivity index (χ3n) is 4.47. The van der Waals surface area contributed by atoms with Gasteiger partial charge in [0.05, 0.1) is 0 Å². The summed E-state index contributed by atoms with van der Waals surface area (Å²) in [5.74, 6) is -0.411. The maximum atomic E-state index is 12.7. The molecule has 0 spiro atoms. The predicted molar refractivity (Wildman–Crippen MR) is 88.0 cm³/mol. The molecule has 0 unspecified atom stereocenters. The fourth-order valence-electron chi connectivity index (χ4n) is 3.07. The Bertz CT molecular complexity index is 882. The van der Waals surface area contributed by atoms with Gasteiger partial charge in [0, 0.05) is 13.0 Å². The van der Waals surface area contributed by atoms with Gasteiger partial charge in [-0.05, 0) is 38.7 Å². The summed E-state index contributed by atoms with van der Waals surface area (Å²) in [5.41, 5.74) is 2.47. The number of hydrogen-bond donors (Lipinski definition) is 0. The molecule has 1 amide bonds. The quantitative estimate of drug-likeness (QED) is 0.848. The highest BCUT2D eigenvalue weighted by molar-refractivity contribution is 7.89. The van der Waals surface area contributed by atoms with Gasteiger partial charge in [0.1, 0.15) is 5.69 Å². The number of aromatic nitrogens is 1. The molecule has 1 aliphatic rings. The average Bonchev–Trinajstić information content (AvgIpc) is 3.25. The monoisotopic (exact) mass is 348 g/mol. The number of carbonyl (C=O) groups is 1. The van der Waals surface area contributed by atoms with Crippen LogP contribution in [0, 0.1) is 26.7 Å². The van der Waals surface area contributed by atoms with E-state index in [4.69, 9.17) is 4.52 Å². The van der Waals surface area contributed by atoms with Crippen molar-refractivity contribution < 1.29 is 17.7 Å². The van der Waals surface area contributed by atoms with Crippen molar-refractivity contribution in [1.29, 1.82) is 0 Å². The molecule has 1 heterocycles. The van der Waals surface area contributed by atoms with Crippen LogP contribution < -0.4 is 0 Å². The summed E-state index contributed by atoms with van der Waals surface area (Å²) in [5, 5.41) is 3.66. The van der Waals surface area contributed by atoms with Crippen LogP contribution in [0.2, 0.25) is 0 Å². The van der Waals surface area contributed by atoms with E-state index in [0.29, 0.717) is 6.42 Å². The normalized spacial score (nSPS) is 20.0. The molecule has 2 atom stereocenters. The first-order valence-corrected chi connectivity index (χ1v) is 9.19. The highest BCUT2D eigenvalue weighted by atomic mass is 32.2. The van der Waals surface area contributed by atoms with Crippen molar-refractivity contribution in [3.63, 3.8) is 0 Å². The van der Waals surface area contributed by atoms with E-state index >= 15 is 0 Å². The third kappa shape index (κ3) is 2.73. The Labute approximate surface area is 141 Å². The summed E-state index contributed by atoms with van der Waals surface area (Å²) >= 11 is 0. The zero-order chi connectivity index (χ0) is 17.6. The first-order chi connectivity index (χ1) is 11.2. The zero-order valence-corrected chi connectivity index (χ0v) is 14.9. The van der Waals surface area contributed by atoms with Gasteiger partial charge >= 0.3 is 0 Å². The van der Waals surface area contributed by atoms with Crippen molar-refractivity contribution in [2.75, 3.05) is 7.05 Å². The van der Waals surface area contributed by atoms with Crippen LogP contribution in [0.4, 0.5) is 0 Å². The summed E-state index contributed by atoms with van der Waals surface area (Å²) in [6, 6.07) is 7.97. The molecule has 2 aromatic rings. The number of amides is 1. The van der Waals surface area contributed by atoms with Crippen LogP contribution in [0.25, 0.3) is 0 Å². The third-order valence-corrected chi connectivity index (χ3v) is 6.47. The van der Waals surface area contributed by atoms with Crippen LogP contribution >= 0.6 is 0 Å². The molecule has 1 aromatic heterocycles. The minimum Gasteiger partial charge on any atom is -0.360 e. The molecule has 6 nitrogen and oxygen atoms in total. The molecular weight excluding hydrogens is 328 g/mol. The Morgan fingerprint density at radius 3 is 2.58 bits per heavy atom. The van der Waals surface area contributed by atoms with Gasteiger partial charge in [-0.25, -0.2) is 12.7 Å². The van der Waals surface area contributed by atoms with E-state index in [0.717, 1.165) is 15.4 Å². The molecule has 1 fully saturated rings. The van der Waals surface area contributed by atoms with Crippen molar-refractivity contribution in [2.45, 2.75) is 38.0 Å². The van der Waals surface area contributed by atoms with Crippen molar-refractivity contribution in [3.05, 3.63) is 46.8 Å². The first kappa shape index (κ1) is 16.7. The van der Waals surface area contributed by atoms with Crippen molar-refractivity contribution in [1.82, 2.24) is 9.46 Å². The molecule has 0 radical (unpaired) electrons. The van der Waals surface area contributed by atoms with Gasteiger partial charge in [-0.3, -0.25) is 4.79 Å². The highest BCUT2D eigenvalue weighted by Crippen LogP contribution is 2.49. The summed E-state index contributed by atoms with van der Waals surface area (Å²) in [4.78, 5) is 12.6. The van der Waals surface area contributed by atoms with Gasteiger partial charge in [-0.1, -0.05) is 35.0 Å². The van der Waals surface area contributed by atoms with Gasteiger partial charge in [-0.15, -0.1) is 0 Å². The van der Waals surface area contributed by atoms with Crippen LogP contribution in [-0.2, 0) is 14.8 Å². The standard InChI is InChI=1S/C17H20N2O4S/c1-10-6-5-7-13(8-10)14-9-15(14)17(20)19(4)24(21,22)16-11(2)18-23-12(16)3/h5-8,14-15H,9H2,1-4H3/t14-,15-/m1/s1. The molecule has 0 bridgehead atoms. The minimum absolute atomic E-state index is 0.0221. The van der Waals surface area contributed by atoms with Gasteiger partial charge in [-0.2, -0.15) is 0 Å². The van der Waals surface area contributed by atoms with E-state index < -0.39 is 10.0 Å². The van der Waals surface area contributed by atoms with Crippen LogP contribution in [0.3, 0.4) is 0 Å². The Hall–Kier alpha value is -2.15. The van der Waals surface area contributed by atoms with E-state index in [1.54, 1.807) is 6.92 Å². The highest BCUT2D eigenvalue weighted by Gasteiger charge is 2.48. The van der Waals surface area contributed by atoms with E-state index in [2.05, 4.69) is 5.16 Å². The average molecular weight is 348 g/mol. The number of rotatable bonds is 4. The van der Waals surface area contributed by atoms with E-state index in [1.807, 2.05) is 31.2 Å². The first-order valence-electron chi connectivity index (χ1n) is 7.75. The lowest BCUT2D eigenvalue weighted by atomic mass is 10.1. The van der Waals surface area contributed by atoms with Crippen LogP contribution in [0.1, 0.15) is 34.9 Å². The fourth-order valence-corrected chi connectivity index (χ4v) is 4.53. The molecule has 1 saturated carbocycles. The summed E-state index contributed by atoms with van der Waals surface area (Å²) in [6.07, 6.45) is 0.670. The molecule has 0 saturated heterocycles. The zero-order valence-electron chi connectivity index (χ0n) is 14.1. The minimum atomic E-state index is -3.95. The smallest absolute Gasteiger partial charge is 0.271 e. The van der Waals surface area contributed by atoms with Crippen molar-refractivity contribution >= 4 is 15.9 Å². The van der Waals surface area contributed by atoms with Gasteiger partial charge < -0.3 is 4.52 Å². The van der Waals surface area contributed by atoms with Crippen LogP contribution in [0.15, 0.2) is 33.7 Å². The Morgan fingerprint density at radius 2 is 2.00 bits per heavy atom. The molecule has 24 heavy (non-hydrogen) atoms. The lowest BCUT2D eigenvalue weighted by molar-refractivity contribution is -0.127. The number of hydrogen-bond acceptors (Lipinski definition) is 5. The lowest BCUT2D eigenvalue weighted by Gasteiger charge is -2.17. The lowest BCUT2D eigenvalue weighted by Crippen LogP contribution is -2.35. The number of aryl methyl sites for hydroxylation is 3. The van der Waals surface area contributed by atoms with Crippen molar-refractivity contribution in [2.24, 2.45) is 5.92 Å². The number of carbonyl (C=O) groups excluding carboxylic acids is 1. The molecule has 0 aliphatic heterocycles. The van der Waals surface area contributed by atoms with Gasteiger partial charge in [0.25, 0.3) is 10.0 Å². The van der Waals surface area contributed by atoms with E-state index in [9.17, 15) is 13.2 Å². The Balaban J connectivity index is 1.81. The molecule has 1 aromatic carbocycles. The Kier molecular flexibility index (Phi) is 3.99. The predicted octanol–water partition coefficient (Wildman–Crippen LogP) is 2.55. The summed E-state index contributed by atoms with van der Waals surface area (Å²) < 4.78 is 31.2. The fraction of sp³-hybridized carbons (Fsp3) is 0.412. The number of nitrogens with zero attached hydrogens (tertiary/aromatic N) is 2. The summed E-state index contributed by atoms with van der Waals surface area (Å²) in [7, 11) is -2.65. The molecule has 128 valence electrons. The maximum absolute atomic E-state index is 12.7. The van der Waals surface area contributed by atoms with Crippen LogP contribution in [-0.4, -0.2) is 30.8 Å². The Morgan fingerprint density at radius 1 is 1.29 bits per heavy atom. The molecule has 3 rings (SSSR count). The number of benzene rings is 1. The van der Waals surface area contributed by atoms with Gasteiger partial charge in [0.2, 0.25) is 5.91 Å². The summed E-state index contributed by atoms with van der Waals surface area (Å²) in [6.45, 7) is 5.07. The SMILES string of the molecule is Cc1cccc([C@H]2C[C@H]2C(=O)N(C)S(=O)(=O)c2c(C)noc2C)c1. The molecular formula is C17H20N2O4S. The number of sulfonamides is 1. The van der Waals surface area contributed by atoms with Crippen LogP contribution in [0.5, 0.6) is 0 Å². The van der Waals surface area contributed by atoms with E-state index in [-0.39, 0.29) is 34.1 Å².